The van der Waals surface area contributed by atoms with Crippen molar-refractivity contribution in [3.05, 3.63) is 29.1 Å². The van der Waals surface area contributed by atoms with Gasteiger partial charge in [0.1, 0.15) is 0 Å². The van der Waals surface area contributed by atoms with Crippen LogP contribution < -0.4 is 5.32 Å². The number of pyridine rings is 1. The lowest BCUT2D eigenvalue weighted by molar-refractivity contribution is -0.146. The van der Waals surface area contributed by atoms with Gasteiger partial charge in [-0.1, -0.05) is 13.8 Å². The first kappa shape index (κ1) is 23.4. The second kappa shape index (κ2) is 8.91. The van der Waals surface area contributed by atoms with Crippen LogP contribution in [-0.4, -0.2) is 58.8 Å². The van der Waals surface area contributed by atoms with Crippen LogP contribution in [0.5, 0.6) is 0 Å². The third-order valence-electron chi connectivity index (χ3n) is 7.51. The Morgan fingerprint density at radius 2 is 2.16 bits per heavy atom. The van der Waals surface area contributed by atoms with Crippen LogP contribution in [0.2, 0.25) is 0 Å². The van der Waals surface area contributed by atoms with Crippen molar-refractivity contribution in [1.29, 1.82) is 0 Å². The molecule has 1 aromatic heterocycles. The number of ether oxygens (including phenoxy) is 1. The maximum absolute atomic E-state index is 13.7. The van der Waals surface area contributed by atoms with E-state index in [-0.39, 0.29) is 30.5 Å². The molecule has 0 radical (unpaired) electrons. The van der Waals surface area contributed by atoms with Crippen molar-refractivity contribution in [3.63, 3.8) is 0 Å². The molecule has 3 aliphatic rings. The molecule has 0 spiro atoms. The summed E-state index contributed by atoms with van der Waals surface area (Å²) in [4.78, 5) is 19.5. The molecule has 4 rings (SSSR count). The van der Waals surface area contributed by atoms with Crippen molar-refractivity contribution in [2.75, 3.05) is 19.8 Å². The fraction of sp³-hybridized carbons (Fsp3) is 0.739. The van der Waals surface area contributed by atoms with Gasteiger partial charge < -0.3 is 20.1 Å². The van der Waals surface area contributed by atoms with E-state index in [4.69, 9.17) is 4.74 Å². The third kappa shape index (κ3) is 4.52. The molecule has 2 N–H and O–H groups in total. The van der Waals surface area contributed by atoms with Gasteiger partial charge in [0.15, 0.2) is 0 Å². The number of hydrogen-bond acceptors (Lipinski definition) is 5. The molecule has 0 unspecified atom stereocenters. The molecule has 4 atom stereocenters. The number of rotatable bonds is 4. The summed E-state index contributed by atoms with van der Waals surface area (Å²) in [6, 6.07) is 1.21. The number of fused-ring (bicyclic) bond motifs is 1. The van der Waals surface area contributed by atoms with Crippen LogP contribution in [0.25, 0.3) is 0 Å². The number of aliphatic hydroxyl groups excluding tert-OH is 1. The standard InChI is InChI=1S/C23H32F3N3O3/c1-14(2)22(6-3-17(10-22)28-19-5-8-32-13-20(19)30)21(31)29-7-4-18-15(12-29)9-16(11-27-18)23(24,25)26/h9,11,14,17,19-20,28,30H,3-8,10,12-13H2,1-2H3/t17-,19-,20+,22+/m1/s1. The summed E-state index contributed by atoms with van der Waals surface area (Å²) < 4.78 is 44.7. The molecule has 3 heterocycles. The number of halogens is 3. The number of aliphatic hydroxyl groups is 1. The van der Waals surface area contributed by atoms with Crippen LogP contribution in [-0.2, 0) is 28.7 Å². The SMILES string of the molecule is CC(C)[C@]1(C(=O)N2CCc3ncc(C(F)(F)F)cc3C2)CC[C@@H](N[C@@H]2CCOC[C@@H]2O)C1. The van der Waals surface area contributed by atoms with Crippen LogP contribution in [0.1, 0.15) is 56.4 Å². The maximum atomic E-state index is 13.7. The first-order valence-electron chi connectivity index (χ1n) is 11.5. The van der Waals surface area contributed by atoms with Gasteiger partial charge in [-0.2, -0.15) is 13.2 Å². The Morgan fingerprint density at radius 1 is 1.38 bits per heavy atom. The second-order valence-electron chi connectivity index (χ2n) is 9.76. The van der Waals surface area contributed by atoms with Crippen molar-refractivity contribution in [1.82, 2.24) is 15.2 Å². The molecule has 1 aromatic rings. The summed E-state index contributed by atoms with van der Waals surface area (Å²) in [5, 5.41) is 13.7. The minimum atomic E-state index is -4.45. The van der Waals surface area contributed by atoms with E-state index in [1.165, 1.54) is 0 Å². The topological polar surface area (TPSA) is 74.7 Å². The number of alkyl halides is 3. The molecule has 6 nitrogen and oxygen atoms in total. The van der Waals surface area contributed by atoms with E-state index >= 15 is 0 Å². The number of carbonyl (C=O) groups is 1. The highest BCUT2D eigenvalue weighted by Gasteiger charge is 2.50. The van der Waals surface area contributed by atoms with Gasteiger partial charge in [-0.25, -0.2) is 0 Å². The Bertz CT molecular complexity index is 848. The molecule has 1 saturated carbocycles. The number of carbonyl (C=O) groups excluding carboxylic acids is 1. The van der Waals surface area contributed by atoms with Crippen molar-refractivity contribution >= 4 is 5.91 Å². The normalized spacial score (nSPS) is 31.1. The predicted molar refractivity (Wildman–Crippen MR) is 112 cm³/mol. The van der Waals surface area contributed by atoms with Gasteiger partial charge in [-0.05, 0) is 43.2 Å². The number of nitrogens with one attached hydrogen (secondary N) is 1. The predicted octanol–water partition coefficient (Wildman–Crippen LogP) is 2.92. The van der Waals surface area contributed by atoms with Gasteiger partial charge >= 0.3 is 6.18 Å². The van der Waals surface area contributed by atoms with Crippen LogP contribution in [0.3, 0.4) is 0 Å². The van der Waals surface area contributed by atoms with Crippen molar-refractivity contribution in [2.45, 2.75) is 76.9 Å². The second-order valence-corrected chi connectivity index (χ2v) is 9.76. The minimum absolute atomic E-state index is 0.0207. The van der Waals surface area contributed by atoms with Gasteiger partial charge in [0.2, 0.25) is 5.91 Å². The van der Waals surface area contributed by atoms with E-state index in [2.05, 4.69) is 10.3 Å². The maximum Gasteiger partial charge on any atom is 0.417 e. The Kier molecular flexibility index (Phi) is 6.53. The summed E-state index contributed by atoms with van der Waals surface area (Å²) in [6.07, 6.45) is -0.708. The number of hydrogen-bond donors (Lipinski definition) is 2. The van der Waals surface area contributed by atoms with Gasteiger partial charge in [0.25, 0.3) is 0 Å². The van der Waals surface area contributed by atoms with E-state index in [1.54, 1.807) is 4.90 Å². The third-order valence-corrected chi connectivity index (χ3v) is 7.51. The molecule has 2 fully saturated rings. The van der Waals surface area contributed by atoms with Crippen molar-refractivity contribution in [3.8, 4) is 0 Å². The molecule has 0 aromatic carbocycles. The van der Waals surface area contributed by atoms with Gasteiger partial charge in [-0.3, -0.25) is 9.78 Å². The highest BCUT2D eigenvalue weighted by Crippen LogP contribution is 2.46. The Morgan fingerprint density at radius 3 is 2.84 bits per heavy atom. The lowest BCUT2D eigenvalue weighted by Crippen LogP contribution is -2.51. The average molecular weight is 456 g/mol. The average Bonchev–Trinajstić information content (AvgIpc) is 3.19. The Balaban J connectivity index is 1.48. The highest BCUT2D eigenvalue weighted by molar-refractivity contribution is 5.83. The first-order valence-corrected chi connectivity index (χ1v) is 11.5. The smallest absolute Gasteiger partial charge is 0.389 e. The zero-order valence-corrected chi connectivity index (χ0v) is 18.6. The highest BCUT2D eigenvalue weighted by atomic mass is 19.4. The molecular weight excluding hydrogens is 423 g/mol. The fourth-order valence-electron chi connectivity index (χ4n) is 5.47. The minimum Gasteiger partial charge on any atom is -0.389 e. The summed E-state index contributed by atoms with van der Waals surface area (Å²) in [6.45, 7) is 5.65. The van der Waals surface area contributed by atoms with Crippen LogP contribution in [0.4, 0.5) is 13.2 Å². The molecule has 2 aliphatic heterocycles. The molecule has 32 heavy (non-hydrogen) atoms. The van der Waals surface area contributed by atoms with E-state index < -0.39 is 23.3 Å². The van der Waals surface area contributed by atoms with Crippen LogP contribution in [0, 0.1) is 11.3 Å². The lowest BCUT2D eigenvalue weighted by atomic mass is 9.74. The van der Waals surface area contributed by atoms with Gasteiger partial charge in [-0.15, -0.1) is 0 Å². The summed E-state index contributed by atoms with van der Waals surface area (Å²) in [5.74, 6) is 0.120. The van der Waals surface area contributed by atoms with Gasteiger partial charge in [0.05, 0.1) is 23.7 Å². The van der Waals surface area contributed by atoms with Gasteiger partial charge in [0, 0.05) is 50.1 Å². The van der Waals surface area contributed by atoms with Crippen LogP contribution >= 0.6 is 0 Å². The zero-order valence-electron chi connectivity index (χ0n) is 18.6. The molecule has 1 amide bonds. The molecule has 1 saturated heterocycles. The molecule has 9 heteroatoms. The monoisotopic (exact) mass is 455 g/mol. The number of amides is 1. The Labute approximate surface area is 186 Å². The van der Waals surface area contributed by atoms with E-state index in [1.807, 2.05) is 13.8 Å². The molecule has 1 aliphatic carbocycles. The zero-order chi connectivity index (χ0) is 23.1. The molecular formula is C23H32F3N3O3. The summed E-state index contributed by atoms with van der Waals surface area (Å²) in [7, 11) is 0. The largest absolute Gasteiger partial charge is 0.417 e. The van der Waals surface area contributed by atoms with Crippen molar-refractivity contribution < 1.29 is 27.8 Å². The lowest BCUT2D eigenvalue weighted by Gasteiger charge is -2.40. The number of nitrogens with zero attached hydrogens (tertiary/aromatic N) is 2. The quantitative estimate of drug-likeness (QED) is 0.730. The first-order chi connectivity index (χ1) is 15.1. The molecule has 0 bridgehead atoms. The summed E-state index contributed by atoms with van der Waals surface area (Å²) in [5.41, 5.74) is -0.207. The number of aromatic nitrogens is 1. The summed E-state index contributed by atoms with van der Waals surface area (Å²) >= 11 is 0. The molecule has 178 valence electrons. The van der Waals surface area contributed by atoms with E-state index in [9.17, 15) is 23.1 Å². The Hall–Kier alpha value is -1.71. The fourth-order valence-corrected chi connectivity index (χ4v) is 5.47. The van der Waals surface area contributed by atoms with Crippen molar-refractivity contribution in [2.24, 2.45) is 11.3 Å². The van der Waals surface area contributed by atoms with Crippen LogP contribution in [0.15, 0.2) is 12.3 Å². The van der Waals surface area contributed by atoms with E-state index in [0.717, 1.165) is 31.5 Å². The van der Waals surface area contributed by atoms with E-state index in [0.29, 0.717) is 43.9 Å².